The maximum absolute atomic E-state index is 4.88. The molecule has 1 fully saturated rings. The molecule has 3 nitrogen and oxygen atoms in total. The van der Waals surface area contributed by atoms with Crippen LogP contribution in [0.4, 0.5) is 0 Å². The van der Waals surface area contributed by atoms with E-state index >= 15 is 0 Å². The molecular formula is C15H17N3S. The van der Waals surface area contributed by atoms with Crippen LogP contribution in [-0.2, 0) is 13.0 Å². The summed E-state index contributed by atoms with van der Waals surface area (Å²) in [5, 5.41) is 4.67. The summed E-state index contributed by atoms with van der Waals surface area (Å²) in [4.78, 5) is 8.83. The van der Waals surface area contributed by atoms with Gasteiger partial charge in [0.1, 0.15) is 5.01 Å². The molecule has 4 rings (SSSR count). The van der Waals surface area contributed by atoms with Crippen LogP contribution in [0, 0.1) is 0 Å². The lowest BCUT2D eigenvalue weighted by atomic mass is 10.1. The normalized spacial score (nSPS) is 18.3. The van der Waals surface area contributed by atoms with Gasteiger partial charge in [0, 0.05) is 43.0 Å². The van der Waals surface area contributed by atoms with Crippen molar-refractivity contribution in [3.8, 4) is 11.3 Å². The van der Waals surface area contributed by atoms with Gasteiger partial charge in [0.25, 0.3) is 0 Å². The molecule has 2 aliphatic rings. The number of hydrogen-bond acceptors (Lipinski definition) is 4. The van der Waals surface area contributed by atoms with Crippen LogP contribution in [0.1, 0.15) is 15.4 Å². The fourth-order valence-electron chi connectivity index (χ4n) is 2.94. The van der Waals surface area contributed by atoms with Gasteiger partial charge in [-0.05, 0) is 5.56 Å². The zero-order valence-corrected chi connectivity index (χ0v) is 11.7. The summed E-state index contributed by atoms with van der Waals surface area (Å²) < 4.78 is 0. The second kappa shape index (κ2) is 4.71. The Labute approximate surface area is 117 Å². The average molecular weight is 271 g/mol. The fraction of sp³-hybridized carbons (Fsp3) is 0.400. The number of hydrogen-bond donors (Lipinski definition) is 1. The van der Waals surface area contributed by atoms with E-state index in [1.54, 1.807) is 0 Å². The quantitative estimate of drug-likeness (QED) is 0.774. The molecule has 1 aromatic carbocycles. The minimum Gasteiger partial charge on any atom is -0.314 e. The predicted molar refractivity (Wildman–Crippen MR) is 78.5 cm³/mol. The molecule has 1 aliphatic heterocycles. The topological polar surface area (TPSA) is 28.2 Å². The molecule has 0 saturated carbocycles. The third-order valence-electron chi connectivity index (χ3n) is 3.93. The van der Waals surface area contributed by atoms with E-state index in [9.17, 15) is 0 Å². The highest BCUT2D eigenvalue weighted by Crippen LogP contribution is 2.39. The van der Waals surface area contributed by atoms with Gasteiger partial charge < -0.3 is 5.32 Å². The van der Waals surface area contributed by atoms with E-state index in [0.717, 1.165) is 39.1 Å². The standard InChI is InChI=1S/C15H17N3S/c1-2-4-12-11(3-1)9-13-15(12)17-14(19-13)10-18-7-5-16-6-8-18/h1-4,16H,5-10H2. The molecule has 1 aliphatic carbocycles. The smallest absolute Gasteiger partial charge is 0.108 e. The Morgan fingerprint density at radius 2 is 2.05 bits per heavy atom. The predicted octanol–water partition coefficient (Wildman–Crippen LogP) is 2.12. The van der Waals surface area contributed by atoms with E-state index < -0.39 is 0 Å². The summed E-state index contributed by atoms with van der Waals surface area (Å²) >= 11 is 1.90. The molecule has 19 heavy (non-hydrogen) atoms. The lowest BCUT2D eigenvalue weighted by Gasteiger charge is -2.26. The van der Waals surface area contributed by atoms with Crippen LogP contribution in [0.3, 0.4) is 0 Å². The number of rotatable bonds is 2. The van der Waals surface area contributed by atoms with Crippen LogP contribution in [0.15, 0.2) is 24.3 Å². The van der Waals surface area contributed by atoms with Gasteiger partial charge in [-0.1, -0.05) is 24.3 Å². The van der Waals surface area contributed by atoms with E-state index in [-0.39, 0.29) is 0 Å². The van der Waals surface area contributed by atoms with Crippen LogP contribution in [0.5, 0.6) is 0 Å². The summed E-state index contributed by atoms with van der Waals surface area (Å²) in [6, 6.07) is 8.66. The highest BCUT2D eigenvalue weighted by Gasteiger charge is 2.23. The molecule has 2 aromatic rings. The highest BCUT2D eigenvalue weighted by molar-refractivity contribution is 7.12. The van der Waals surface area contributed by atoms with Crippen LogP contribution in [0.25, 0.3) is 11.3 Å². The minimum absolute atomic E-state index is 1.02. The van der Waals surface area contributed by atoms with Crippen molar-refractivity contribution in [1.82, 2.24) is 15.2 Å². The van der Waals surface area contributed by atoms with Gasteiger partial charge >= 0.3 is 0 Å². The van der Waals surface area contributed by atoms with Crippen molar-refractivity contribution in [3.05, 3.63) is 39.7 Å². The van der Waals surface area contributed by atoms with E-state index in [1.165, 1.54) is 26.7 Å². The van der Waals surface area contributed by atoms with Crippen molar-refractivity contribution < 1.29 is 0 Å². The van der Waals surface area contributed by atoms with E-state index in [2.05, 4.69) is 34.5 Å². The Balaban J connectivity index is 1.58. The molecular weight excluding hydrogens is 254 g/mol. The summed E-state index contributed by atoms with van der Waals surface area (Å²) in [7, 11) is 0. The van der Waals surface area contributed by atoms with Crippen LogP contribution in [0.2, 0.25) is 0 Å². The van der Waals surface area contributed by atoms with E-state index in [1.807, 2.05) is 11.3 Å². The summed E-state index contributed by atoms with van der Waals surface area (Å²) in [5.41, 5.74) is 4.02. The first-order valence-corrected chi connectivity index (χ1v) is 7.72. The molecule has 4 heteroatoms. The zero-order valence-electron chi connectivity index (χ0n) is 10.9. The van der Waals surface area contributed by atoms with Crippen molar-refractivity contribution in [2.24, 2.45) is 0 Å². The lowest BCUT2D eigenvalue weighted by Crippen LogP contribution is -2.42. The first-order chi connectivity index (χ1) is 9.40. The molecule has 0 bridgehead atoms. The Kier molecular flexibility index (Phi) is 2.87. The van der Waals surface area contributed by atoms with Gasteiger partial charge in [-0.2, -0.15) is 0 Å². The number of nitrogens with zero attached hydrogens (tertiary/aromatic N) is 2. The van der Waals surface area contributed by atoms with Gasteiger partial charge in [-0.15, -0.1) is 11.3 Å². The van der Waals surface area contributed by atoms with Crippen molar-refractivity contribution in [3.63, 3.8) is 0 Å². The zero-order chi connectivity index (χ0) is 12.7. The summed E-state index contributed by atoms with van der Waals surface area (Å²) in [6.45, 7) is 5.50. The molecule has 98 valence electrons. The maximum Gasteiger partial charge on any atom is 0.108 e. The third kappa shape index (κ3) is 2.10. The number of piperazine rings is 1. The van der Waals surface area contributed by atoms with Gasteiger partial charge in [0.2, 0.25) is 0 Å². The molecule has 0 spiro atoms. The first kappa shape index (κ1) is 11.6. The number of benzene rings is 1. The fourth-order valence-corrected chi connectivity index (χ4v) is 4.09. The van der Waals surface area contributed by atoms with Crippen LogP contribution in [-0.4, -0.2) is 36.1 Å². The minimum atomic E-state index is 1.02. The lowest BCUT2D eigenvalue weighted by molar-refractivity contribution is 0.233. The Morgan fingerprint density at radius 3 is 2.95 bits per heavy atom. The van der Waals surface area contributed by atoms with Crippen molar-refractivity contribution >= 4 is 11.3 Å². The molecule has 2 heterocycles. The molecule has 0 radical (unpaired) electrons. The number of thiazole rings is 1. The summed E-state index contributed by atoms with van der Waals surface area (Å²) in [5.74, 6) is 0. The second-order valence-electron chi connectivity index (χ2n) is 5.24. The van der Waals surface area contributed by atoms with Gasteiger partial charge in [-0.25, -0.2) is 4.98 Å². The van der Waals surface area contributed by atoms with Gasteiger partial charge in [0.15, 0.2) is 0 Å². The van der Waals surface area contributed by atoms with Gasteiger partial charge in [-0.3, -0.25) is 4.90 Å². The van der Waals surface area contributed by atoms with E-state index in [0.29, 0.717) is 0 Å². The molecule has 1 saturated heterocycles. The summed E-state index contributed by atoms with van der Waals surface area (Å²) in [6.07, 6.45) is 1.07. The highest BCUT2D eigenvalue weighted by atomic mass is 32.1. The molecule has 1 aromatic heterocycles. The van der Waals surface area contributed by atoms with Crippen LogP contribution < -0.4 is 5.32 Å². The number of fused-ring (bicyclic) bond motifs is 3. The largest absolute Gasteiger partial charge is 0.314 e. The van der Waals surface area contributed by atoms with Gasteiger partial charge in [0.05, 0.1) is 12.2 Å². The van der Waals surface area contributed by atoms with Crippen molar-refractivity contribution in [2.45, 2.75) is 13.0 Å². The molecule has 0 unspecified atom stereocenters. The third-order valence-corrected chi connectivity index (χ3v) is 4.97. The number of aromatic nitrogens is 1. The monoisotopic (exact) mass is 271 g/mol. The first-order valence-electron chi connectivity index (χ1n) is 6.90. The molecule has 0 amide bonds. The molecule has 0 atom stereocenters. The Hall–Kier alpha value is -1.23. The van der Waals surface area contributed by atoms with E-state index in [4.69, 9.17) is 4.98 Å². The Bertz CT molecular complexity index is 599. The number of nitrogens with one attached hydrogen (secondary N) is 1. The second-order valence-corrected chi connectivity index (χ2v) is 6.41. The maximum atomic E-state index is 4.88. The van der Waals surface area contributed by atoms with Crippen LogP contribution >= 0.6 is 11.3 Å². The van der Waals surface area contributed by atoms with Crippen molar-refractivity contribution in [1.29, 1.82) is 0 Å². The Morgan fingerprint density at radius 1 is 1.21 bits per heavy atom. The average Bonchev–Trinajstić information content (AvgIpc) is 2.97. The van der Waals surface area contributed by atoms with Crippen molar-refractivity contribution in [2.75, 3.05) is 26.2 Å². The molecule has 1 N–H and O–H groups in total. The SMILES string of the molecule is c1ccc2c(c1)Cc1sc(CN3CCNCC3)nc1-2.